The Kier molecular flexibility index (Phi) is 5.93. The lowest BCUT2D eigenvalue weighted by molar-refractivity contribution is 0.353. The first-order chi connectivity index (χ1) is 12.1. The molecule has 0 heterocycles. The summed E-state index contributed by atoms with van der Waals surface area (Å²) in [7, 11) is -0.642. The minimum Gasteiger partial charge on any atom is -0.493 e. The molecule has 0 bridgehead atoms. The molecule has 26 heavy (non-hydrogen) atoms. The van der Waals surface area contributed by atoms with Gasteiger partial charge in [-0.2, -0.15) is 0 Å². The molecule has 2 aromatic rings. The quantitative estimate of drug-likeness (QED) is 0.798. The fraction of sp³-hybridized carbons (Fsp3) is 0.368. The maximum absolute atomic E-state index is 13.2. The van der Waals surface area contributed by atoms with Crippen molar-refractivity contribution in [3.63, 3.8) is 0 Å². The van der Waals surface area contributed by atoms with Crippen LogP contribution in [0, 0.1) is 12.7 Å². The Morgan fingerprint density at radius 2 is 1.69 bits per heavy atom. The van der Waals surface area contributed by atoms with Gasteiger partial charge in [0, 0.05) is 12.0 Å². The molecular weight excluding hydrogens is 357 g/mol. The highest BCUT2D eigenvalue weighted by Crippen LogP contribution is 2.33. The van der Waals surface area contributed by atoms with Crippen LogP contribution in [0.1, 0.15) is 25.0 Å². The molecule has 0 radical (unpaired) electrons. The molecule has 2 rings (SSSR count). The summed E-state index contributed by atoms with van der Waals surface area (Å²) in [5.41, 5.74) is 0.760. The fourth-order valence-electron chi connectivity index (χ4n) is 2.63. The standard InChI is InChI=1S/C19H24FNO4S/c1-13-10-15(20)7-9-18(13)26(22,23)21-12-19(2,3)14-6-8-16(24-4)17(11-14)25-5/h6-11,21H,12H2,1-5H3. The van der Waals surface area contributed by atoms with Gasteiger partial charge in [-0.3, -0.25) is 0 Å². The van der Waals surface area contributed by atoms with Gasteiger partial charge >= 0.3 is 0 Å². The summed E-state index contributed by atoms with van der Waals surface area (Å²) in [6, 6.07) is 9.11. The van der Waals surface area contributed by atoms with E-state index in [-0.39, 0.29) is 11.4 Å². The van der Waals surface area contributed by atoms with Crippen molar-refractivity contribution in [3.05, 3.63) is 53.3 Å². The predicted molar refractivity (Wildman–Crippen MR) is 98.9 cm³/mol. The second kappa shape index (κ2) is 7.63. The van der Waals surface area contributed by atoms with Crippen LogP contribution in [0.15, 0.2) is 41.3 Å². The Morgan fingerprint density at radius 1 is 1.04 bits per heavy atom. The maximum atomic E-state index is 13.2. The van der Waals surface area contributed by atoms with E-state index < -0.39 is 21.3 Å². The zero-order valence-corrected chi connectivity index (χ0v) is 16.4. The van der Waals surface area contributed by atoms with Crippen molar-refractivity contribution in [1.82, 2.24) is 4.72 Å². The molecule has 0 fully saturated rings. The van der Waals surface area contributed by atoms with Crippen molar-refractivity contribution in [1.29, 1.82) is 0 Å². The van der Waals surface area contributed by atoms with E-state index in [1.807, 2.05) is 26.0 Å². The Labute approximate surface area is 154 Å². The molecule has 0 aromatic heterocycles. The second-order valence-electron chi connectivity index (χ2n) is 6.69. The summed E-state index contributed by atoms with van der Waals surface area (Å²) in [4.78, 5) is 0.0713. The summed E-state index contributed by atoms with van der Waals surface area (Å²) in [6.45, 7) is 5.58. The smallest absolute Gasteiger partial charge is 0.240 e. The van der Waals surface area contributed by atoms with Gasteiger partial charge in [-0.25, -0.2) is 17.5 Å². The van der Waals surface area contributed by atoms with E-state index in [1.165, 1.54) is 12.1 Å². The van der Waals surface area contributed by atoms with Gasteiger partial charge in [0.2, 0.25) is 10.0 Å². The zero-order valence-electron chi connectivity index (χ0n) is 15.6. The van der Waals surface area contributed by atoms with Gasteiger partial charge in [-0.15, -0.1) is 0 Å². The number of benzene rings is 2. The lowest BCUT2D eigenvalue weighted by Gasteiger charge is -2.26. The SMILES string of the molecule is COc1ccc(C(C)(C)CNS(=O)(=O)c2ccc(F)cc2C)cc1OC. The van der Waals surface area contributed by atoms with Crippen LogP contribution in [0.4, 0.5) is 4.39 Å². The molecule has 0 unspecified atom stereocenters. The van der Waals surface area contributed by atoms with E-state index in [9.17, 15) is 12.8 Å². The van der Waals surface area contributed by atoms with Gasteiger partial charge < -0.3 is 9.47 Å². The molecule has 0 saturated heterocycles. The Balaban J connectivity index is 2.24. The van der Waals surface area contributed by atoms with Gasteiger partial charge in [0.1, 0.15) is 5.82 Å². The molecule has 142 valence electrons. The third kappa shape index (κ3) is 4.34. The Hall–Kier alpha value is -2.12. The highest BCUT2D eigenvalue weighted by Gasteiger charge is 2.26. The van der Waals surface area contributed by atoms with Crippen molar-refractivity contribution < 1.29 is 22.3 Å². The largest absolute Gasteiger partial charge is 0.493 e. The normalized spacial score (nSPS) is 12.1. The summed E-state index contributed by atoms with van der Waals surface area (Å²) in [5.74, 6) is 0.719. The number of halogens is 1. The maximum Gasteiger partial charge on any atom is 0.240 e. The van der Waals surface area contributed by atoms with E-state index >= 15 is 0 Å². The van der Waals surface area contributed by atoms with Gasteiger partial charge in [0.05, 0.1) is 19.1 Å². The van der Waals surface area contributed by atoms with Crippen molar-refractivity contribution in [2.24, 2.45) is 0 Å². The molecule has 0 saturated carbocycles. The van der Waals surface area contributed by atoms with Gasteiger partial charge in [0.25, 0.3) is 0 Å². The summed E-state index contributed by atoms with van der Waals surface area (Å²) in [5, 5.41) is 0. The number of nitrogens with one attached hydrogen (secondary N) is 1. The molecule has 0 atom stereocenters. The molecule has 0 aliphatic rings. The lowest BCUT2D eigenvalue weighted by atomic mass is 9.85. The zero-order chi connectivity index (χ0) is 19.5. The molecule has 0 amide bonds. The molecular formula is C19H24FNO4S. The van der Waals surface area contributed by atoms with Crippen LogP contribution in [0.5, 0.6) is 11.5 Å². The van der Waals surface area contributed by atoms with Crippen molar-refractivity contribution in [3.8, 4) is 11.5 Å². The minimum atomic E-state index is -3.75. The third-order valence-electron chi connectivity index (χ3n) is 4.30. The fourth-order valence-corrected chi connectivity index (χ4v) is 4.06. The average Bonchev–Trinajstić information content (AvgIpc) is 2.59. The number of sulfonamides is 1. The summed E-state index contributed by atoms with van der Waals surface area (Å²) in [6.07, 6.45) is 0. The highest BCUT2D eigenvalue weighted by atomic mass is 32.2. The van der Waals surface area contributed by atoms with Crippen LogP contribution >= 0.6 is 0 Å². The number of hydrogen-bond donors (Lipinski definition) is 1. The highest BCUT2D eigenvalue weighted by molar-refractivity contribution is 7.89. The van der Waals surface area contributed by atoms with Crippen LogP contribution in [0.2, 0.25) is 0 Å². The van der Waals surface area contributed by atoms with E-state index in [0.29, 0.717) is 17.1 Å². The van der Waals surface area contributed by atoms with Crippen LogP contribution in [-0.2, 0) is 15.4 Å². The first-order valence-electron chi connectivity index (χ1n) is 8.09. The molecule has 5 nitrogen and oxygen atoms in total. The topological polar surface area (TPSA) is 64.6 Å². The first-order valence-corrected chi connectivity index (χ1v) is 9.57. The number of ether oxygens (including phenoxy) is 2. The summed E-state index contributed by atoms with van der Waals surface area (Å²) >= 11 is 0. The molecule has 1 N–H and O–H groups in total. The molecule has 7 heteroatoms. The monoisotopic (exact) mass is 381 g/mol. The van der Waals surface area contributed by atoms with Gasteiger partial charge in [-0.1, -0.05) is 19.9 Å². The molecule has 0 aliphatic heterocycles. The molecule has 2 aromatic carbocycles. The first kappa shape index (κ1) is 20.2. The third-order valence-corrected chi connectivity index (χ3v) is 5.86. The van der Waals surface area contributed by atoms with E-state index in [1.54, 1.807) is 27.2 Å². The van der Waals surface area contributed by atoms with E-state index in [0.717, 1.165) is 11.6 Å². The van der Waals surface area contributed by atoms with E-state index in [4.69, 9.17) is 9.47 Å². The molecule has 0 spiro atoms. The van der Waals surface area contributed by atoms with E-state index in [2.05, 4.69) is 4.72 Å². The van der Waals surface area contributed by atoms with Crippen LogP contribution < -0.4 is 14.2 Å². The molecule has 0 aliphatic carbocycles. The summed E-state index contributed by atoms with van der Waals surface area (Å²) < 4.78 is 51.6. The number of methoxy groups -OCH3 is 2. The van der Waals surface area contributed by atoms with Gasteiger partial charge in [-0.05, 0) is 48.4 Å². The van der Waals surface area contributed by atoms with Crippen molar-refractivity contribution in [2.75, 3.05) is 20.8 Å². The average molecular weight is 381 g/mol. The minimum absolute atomic E-state index is 0.0713. The second-order valence-corrected chi connectivity index (χ2v) is 8.42. The number of hydrogen-bond acceptors (Lipinski definition) is 4. The van der Waals surface area contributed by atoms with Crippen molar-refractivity contribution >= 4 is 10.0 Å². The van der Waals surface area contributed by atoms with Crippen molar-refractivity contribution in [2.45, 2.75) is 31.1 Å². The predicted octanol–water partition coefficient (Wildman–Crippen LogP) is 3.41. The number of rotatable bonds is 7. The van der Waals surface area contributed by atoms with Gasteiger partial charge in [0.15, 0.2) is 11.5 Å². The number of aryl methyl sites for hydroxylation is 1. The van der Waals surface area contributed by atoms with Crippen LogP contribution in [0.25, 0.3) is 0 Å². The Bertz CT molecular complexity index is 894. The lowest BCUT2D eigenvalue weighted by Crippen LogP contribution is -2.37. The van der Waals surface area contributed by atoms with Crippen LogP contribution in [0.3, 0.4) is 0 Å². The van der Waals surface area contributed by atoms with Crippen LogP contribution in [-0.4, -0.2) is 29.2 Å². The Morgan fingerprint density at radius 3 is 2.27 bits per heavy atom.